The lowest BCUT2D eigenvalue weighted by Gasteiger charge is -2.13. The van der Waals surface area contributed by atoms with Crippen LogP contribution in [0.4, 0.5) is 11.4 Å². The van der Waals surface area contributed by atoms with Crippen LogP contribution in [-0.2, 0) is 4.79 Å². The highest BCUT2D eigenvalue weighted by Gasteiger charge is 2.24. The second-order valence-electron chi connectivity index (χ2n) is 7.06. The molecule has 0 unspecified atom stereocenters. The summed E-state index contributed by atoms with van der Waals surface area (Å²) in [6.07, 6.45) is 1.48. The van der Waals surface area contributed by atoms with Gasteiger partial charge in [0.25, 0.3) is 5.91 Å². The smallest absolute Gasteiger partial charge is 0.293 e. The molecule has 1 aromatic heterocycles. The van der Waals surface area contributed by atoms with Crippen LogP contribution in [0.15, 0.2) is 46.9 Å². The van der Waals surface area contributed by atoms with Gasteiger partial charge >= 0.3 is 0 Å². The van der Waals surface area contributed by atoms with Crippen LogP contribution in [0, 0.1) is 19.8 Å². The molecule has 5 nitrogen and oxygen atoms in total. The lowest BCUT2D eigenvalue weighted by atomic mass is 10.0. The van der Waals surface area contributed by atoms with Crippen molar-refractivity contribution >= 4 is 34.2 Å². The summed E-state index contributed by atoms with van der Waals surface area (Å²) in [6, 6.07) is 13.0. The van der Waals surface area contributed by atoms with Crippen molar-refractivity contribution in [1.29, 1.82) is 0 Å². The summed E-state index contributed by atoms with van der Waals surface area (Å²) in [5.74, 6) is -0.487. The number of carbonyl (C=O) groups excluding carboxylic acids is 2. The Labute approximate surface area is 165 Å². The van der Waals surface area contributed by atoms with E-state index < -0.39 is 0 Å². The fraction of sp³-hybridized carbons (Fsp3) is 0.304. The van der Waals surface area contributed by atoms with Crippen LogP contribution in [0.1, 0.15) is 48.4 Å². The Morgan fingerprint density at radius 3 is 2.36 bits per heavy atom. The number of furan rings is 1. The number of anilines is 2. The summed E-state index contributed by atoms with van der Waals surface area (Å²) >= 11 is 0. The van der Waals surface area contributed by atoms with Crippen molar-refractivity contribution in [3.63, 3.8) is 0 Å². The maximum Gasteiger partial charge on any atom is 0.293 e. The van der Waals surface area contributed by atoms with Gasteiger partial charge in [-0.2, -0.15) is 0 Å². The van der Waals surface area contributed by atoms with Crippen LogP contribution in [0.5, 0.6) is 0 Å². The second kappa shape index (κ2) is 8.30. The van der Waals surface area contributed by atoms with E-state index in [1.807, 2.05) is 64.1 Å². The van der Waals surface area contributed by atoms with Gasteiger partial charge in [-0.15, -0.1) is 0 Å². The minimum Gasteiger partial charge on any atom is -0.449 e. The maximum atomic E-state index is 12.9. The minimum absolute atomic E-state index is 0.100. The lowest BCUT2D eigenvalue weighted by Crippen LogP contribution is -2.23. The summed E-state index contributed by atoms with van der Waals surface area (Å²) in [7, 11) is 0. The van der Waals surface area contributed by atoms with Crippen LogP contribution < -0.4 is 10.6 Å². The van der Waals surface area contributed by atoms with Crippen LogP contribution in [0.25, 0.3) is 11.0 Å². The summed E-state index contributed by atoms with van der Waals surface area (Å²) in [5.41, 5.74) is 3.91. The van der Waals surface area contributed by atoms with Crippen molar-refractivity contribution in [2.24, 2.45) is 5.92 Å². The highest BCUT2D eigenvalue weighted by atomic mass is 16.3. The second-order valence-corrected chi connectivity index (χ2v) is 7.06. The van der Waals surface area contributed by atoms with E-state index >= 15 is 0 Å². The van der Waals surface area contributed by atoms with E-state index in [2.05, 4.69) is 10.6 Å². The third-order valence-electron chi connectivity index (χ3n) is 5.17. The number of nitrogens with one attached hydrogen (secondary N) is 2. The van der Waals surface area contributed by atoms with E-state index in [0.29, 0.717) is 22.3 Å². The summed E-state index contributed by atoms with van der Waals surface area (Å²) in [5, 5.41) is 6.52. The standard InChI is InChI=1S/C23H26N2O3/c1-5-16(6-2)22(26)25-20-18-9-7-8-10-19(18)28-21(20)23(27)24-17-12-11-14(3)15(4)13-17/h7-13,16H,5-6H2,1-4H3,(H,24,27)(H,25,26). The Hall–Kier alpha value is -3.08. The Kier molecular flexibility index (Phi) is 5.83. The first-order chi connectivity index (χ1) is 13.4. The Bertz CT molecular complexity index is 1020. The molecule has 0 radical (unpaired) electrons. The molecular formula is C23H26N2O3. The molecule has 0 spiro atoms. The molecule has 2 N–H and O–H groups in total. The van der Waals surface area contributed by atoms with Crippen molar-refractivity contribution in [1.82, 2.24) is 0 Å². The Balaban J connectivity index is 1.96. The number of aryl methyl sites for hydroxylation is 2. The number of carbonyl (C=O) groups is 2. The topological polar surface area (TPSA) is 71.3 Å². The number of para-hydroxylation sites is 1. The number of hydrogen-bond donors (Lipinski definition) is 2. The molecule has 2 aromatic carbocycles. The molecule has 5 heteroatoms. The fourth-order valence-corrected chi connectivity index (χ4v) is 3.22. The van der Waals surface area contributed by atoms with Crippen molar-refractivity contribution in [2.75, 3.05) is 10.6 Å². The largest absolute Gasteiger partial charge is 0.449 e. The molecule has 0 fully saturated rings. The SMILES string of the molecule is CCC(CC)C(=O)Nc1c(C(=O)Nc2ccc(C)c(C)c2)oc2ccccc12. The van der Waals surface area contributed by atoms with Gasteiger partial charge in [0.1, 0.15) is 11.3 Å². The van der Waals surface area contributed by atoms with Crippen molar-refractivity contribution in [2.45, 2.75) is 40.5 Å². The molecule has 146 valence electrons. The van der Waals surface area contributed by atoms with Crippen molar-refractivity contribution < 1.29 is 14.0 Å². The quantitative estimate of drug-likeness (QED) is 0.580. The number of benzene rings is 2. The zero-order valence-corrected chi connectivity index (χ0v) is 16.8. The van der Waals surface area contributed by atoms with E-state index in [9.17, 15) is 9.59 Å². The first kappa shape index (κ1) is 19.7. The van der Waals surface area contributed by atoms with Gasteiger partial charge < -0.3 is 15.1 Å². The monoisotopic (exact) mass is 378 g/mol. The Morgan fingerprint density at radius 2 is 1.68 bits per heavy atom. The molecule has 3 rings (SSSR count). The average molecular weight is 378 g/mol. The van der Waals surface area contributed by atoms with Gasteiger partial charge in [-0.3, -0.25) is 9.59 Å². The first-order valence-electron chi connectivity index (χ1n) is 9.65. The molecule has 2 amide bonds. The van der Waals surface area contributed by atoms with E-state index in [1.165, 1.54) is 0 Å². The van der Waals surface area contributed by atoms with Gasteiger partial charge in [0.15, 0.2) is 0 Å². The van der Waals surface area contributed by atoms with Gasteiger partial charge in [0.2, 0.25) is 11.7 Å². The normalized spacial score (nSPS) is 11.0. The molecule has 0 saturated heterocycles. The molecule has 0 saturated carbocycles. The van der Waals surface area contributed by atoms with Crippen LogP contribution in [0.3, 0.4) is 0 Å². The highest BCUT2D eigenvalue weighted by molar-refractivity contribution is 6.14. The maximum absolute atomic E-state index is 12.9. The molecule has 28 heavy (non-hydrogen) atoms. The molecule has 0 aliphatic carbocycles. The minimum atomic E-state index is -0.390. The molecule has 1 heterocycles. The van der Waals surface area contributed by atoms with E-state index in [4.69, 9.17) is 4.42 Å². The van der Waals surface area contributed by atoms with Gasteiger partial charge in [-0.1, -0.05) is 32.0 Å². The van der Waals surface area contributed by atoms with Gasteiger partial charge in [-0.05, 0) is 62.1 Å². The third-order valence-corrected chi connectivity index (χ3v) is 5.17. The molecular weight excluding hydrogens is 352 g/mol. The molecule has 0 aliphatic heterocycles. The highest BCUT2D eigenvalue weighted by Crippen LogP contribution is 2.32. The van der Waals surface area contributed by atoms with Gasteiger partial charge in [0.05, 0.1) is 0 Å². The van der Waals surface area contributed by atoms with Crippen molar-refractivity contribution in [3.05, 3.63) is 59.4 Å². The average Bonchev–Trinajstić information content (AvgIpc) is 3.04. The van der Waals surface area contributed by atoms with Crippen molar-refractivity contribution in [3.8, 4) is 0 Å². The number of hydrogen-bond acceptors (Lipinski definition) is 3. The predicted molar refractivity (Wildman–Crippen MR) is 113 cm³/mol. The molecule has 0 aliphatic rings. The van der Waals surface area contributed by atoms with E-state index in [1.54, 1.807) is 6.07 Å². The zero-order valence-electron chi connectivity index (χ0n) is 16.8. The van der Waals surface area contributed by atoms with E-state index in [-0.39, 0.29) is 23.5 Å². The fourth-order valence-electron chi connectivity index (χ4n) is 3.22. The van der Waals surface area contributed by atoms with Crippen LogP contribution in [-0.4, -0.2) is 11.8 Å². The molecule has 3 aromatic rings. The first-order valence-corrected chi connectivity index (χ1v) is 9.65. The number of rotatable bonds is 6. The van der Waals surface area contributed by atoms with Crippen LogP contribution >= 0.6 is 0 Å². The lowest BCUT2D eigenvalue weighted by molar-refractivity contribution is -0.120. The molecule has 0 atom stereocenters. The summed E-state index contributed by atoms with van der Waals surface area (Å²) < 4.78 is 5.81. The molecule has 0 bridgehead atoms. The predicted octanol–water partition coefficient (Wildman–Crippen LogP) is 5.68. The zero-order chi connectivity index (χ0) is 20.3. The third kappa shape index (κ3) is 3.93. The Morgan fingerprint density at radius 1 is 0.964 bits per heavy atom. The summed E-state index contributed by atoms with van der Waals surface area (Å²) in [6.45, 7) is 7.97. The van der Waals surface area contributed by atoms with Gasteiger partial charge in [-0.25, -0.2) is 0 Å². The number of amides is 2. The van der Waals surface area contributed by atoms with Gasteiger partial charge in [0, 0.05) is 17.0 Å². The number of fused-ring (bicyclic) bond motifs is 1. The summed E-state index contributed by atoms with van der Waals surface area (Å²) in [4.78, 5) is 25.6. The van der Waals surface area contributed by atoms with E-state index in [0.717, 1.165) is 24.0 Å². The van der Waals surface area contributed by atoms with Crippen LogP contribution in [0.2, 0.25) is 0 Å².